The second-order valence-electron chi connectivity index (χ2n) is 5.22. The average molecular weight is 226 g/mol. The molecule has 1 aliphatic rings. The predicted octanol–water partition coefficient (Wildman–Crippen LogP) is 3.03. The van der Waals surface area contributed by atoms with Crippen LogP contribution in [0.15, 0.2) is 0 Å². The third kappa shape index (κ3) is 4.06. The first-order chi connectivity index (χ1) is 7.74. The van der Waals surface area contributed by atoms with E-state index in [1.165, 1.54) is 45.1 Å². The van der Waals surface area contributed by atoms with E-state index in [0.29, 0.717) is 6.04 Å². The van der Waals surface area contributed by atoms with E-state index in [4.69, 9.17) is 0 Å². The van der Waals surface area contributed by atoms with Gasteiger partial charge in [0.1, 0.15) is 0 Å². The van der Waals surface area contributed by atoms with Gasteiger partial charge in [-0.15, -0.1) is 0 Å². The molecule has 1 fully saturated rings. The van der Waals surface area contributed by atoms with Gasteiger partial charge in [0.25, 0.3) is 0 Å². The van der Waals surface area contributed by atoms with Gasteiger partial charge >= 0.3 is 0 Å². The number of likely N-dealkylation sites (N-methyl/N-ethyl adjacent to an activating group) is 1. The molecule has 16 heavy (non-hydrogen) atoms. The monoisotopic (exact) mass is 226 g/mol. The fourth-order valence-corrected chi connectivity index (χ4v) is 2.68. The van der Waals surface area contributed by atoms with E-state index < -0.39 is 0 Å². The molecule has 1 rings (SSSR count). The molecule has 2 atom stereocenters. The Morgan fingerprint density at radius 1 is 1.19 bits per heavy atom. The Bertz CT molecular complexity index is 178. The van der Waals surface area contributed by atoms with Gasteiger partial charge in [0.15, 0.2) is 0 Å². The van der Waals surface area contributed by atoms with E-state index in [1.54, 1.807) is 0 Å². The number of nitrogens with zero attached hydrogens (tertiary/aromatic N) is 1. The average Bonchev–Trinajstić information content (AvgIpc) is 3.10. The summed E-state index contributed by atoms with van der Waals surface area (Å²) in [6.45, 7) is 8.05. The molecular formula is C14H30N2. The third-order valence-corrected chi connectivity index (χ3v) is 3.78. The van der Waals surface area contributed by atoms with Gasteiger partial charge in [0, 0.05) is 18.1 Å². The van der Waals surface area contributed by atoms with Crippen LogP contribution >= 0.6 is 0 Å². The van der Waals surface area contributed by atoms with Gasteiger partial charge < -0.3 is 5.32 Å². The van der Waals surface area contributed by atoms with Crippen LogP contribution in [0.3, 0.4) is 0 Å². The lowest BCUT2D eigenvalue weighted by atomic mass is 9.99. The summed E-state index contributed by atoms with van der Waals surface area (Å²) in [6, 6.07) is 2.31. The molecule has 2 heteroatoms. The topological polar surface area (TPSA) is 15.3 Å². The van der Waals surface area contributed by atoms with Crippen molar-refractivity contribution in [1.82, 2.24) is 10.2 Å². The summed E-state index contributed by atoms with van der Waals surface area (Å²) in [7, 11) is 2.32. The van der Waals surface area contributed by atoms with E-state index in [0.717, 1.165) is 12.1 Å². The van der Waals surface area contributed by atoms with Crippen LogP contribution in [0.4, 0.5) is 0 Å². The van der Waals surface area contributed by atoms with Gasteiger partial charge in [-0.3, -0.25) is 4.90 Å². The second kappa shape index (κ2) is 7.29. The molecule has 2 nitrogen and oxygen atoms in total. The van der Waals surface area contributed by atoms with Gasteiger partial charge in [-0.05, 0) is 45.7 Å². The van der Waals surface area contributed by atoms with Crippen LogP contribution in [0.25, 0.3) is 0 Å². The Morgan fingerprint density at radius 2 is 1.88 bits per heavy atom. The van der Waals surface area contributed by atoms with Crippen LogP contribution in [0.1, 0.15) is 59.3 Å². The molecule has 0 saturated heterocycles. The van der Waals surface area contributed by atoms with Crippen molar-refractivity contribution in [3.63, 3.8) is 0 Å². The number of rotatable bonds is 9. The summed E-state index contributed by atoms with van der Waals surface area (Å²) >= 11 is 0. The molecule has 0 radical (unpaired) electrons. The van der Waals surface area contributed by atoms with E-state index in [1.807, 2.05) is 0 Å². The van der Waals surface area contributed by atoms with Gasteiger partial charge in [0.05, 0.1) is 0 Å². The summed E-state index contributed by atoms with van der Waals surface area (Å²) in [6.07, 6.45) is 7.95. The maximum Gasteiger partial charge on any atom is 0.0246 e. The highest BCUT2D eigenvalue weighted by Gasteiger charge is 2.33. The number of nitrogens with one attached hydrogen (secondary N) is 1. The molecule has 96 valence electrons. The van der Waals surface area contributed by atoms with Crippen molar-refractivity contribution >= 4 is 0 Å². The van der Waals surface area contributed by atoms with Crippen LogP contribution in [0, 0.1) is 0 Å². The Balaban J connectivity index is 2.48. The summed E-state index contributed by atoms with van der Waals surface area (Å²) in [5.74, 6) is 0. The smallest absolute Gasteiger partial charge is 0.0246 e. The Kier molecular flexibility index (Phi) is 6.37. The molecular weight excluding hydrogens is 196 g/mol. The molecule has 0 spiro atoms. The molecule has 0 aromatic carbocycles. The van der Waals surface area contributed by atoms with Crippen molar-refractivity contribution < 1.29 is 0 Å². The standard InChI is InChI=1S/C14H30N2/c1-5-8-13(15-11-6-2)14(7-3)16(4)12-9-10-12/h12-15H,5-11H2,1-4H3. The Labute approximate surface area is 102 Å². The lowest BCUT2D eigenvalue weighted by Gasteiger charge is -2.35. The van der Waals surface area contributed by atoms with Gasteiger partial charge in [-0.25, -0.2) is 0 Å². The lowest BCUT2D eigenvalue weighted by Crippen LogP contribution is -2.49. The highest BCUT2D eigenvalue weighted by atomic mass is 15.2. The van der Waals surface area contributed by atoms with Crippen LogP contribution in [0.2, 0.25) is 0 Å². The first kappa shape index (κ1) is 14.0. The molecule has 1 saturated carbocycles. The first-order valence-electron chi connectivity index (χ1n) is 7.19. The zero-order valence-electron chi connectivity index (χ0n) is 11.6. The second-order valence-corrected chi connectivity index (χ2v) is 5.22. The molecule has 1 N–H and O–H groups in total. The molecule has 0 heterocycles. The number of hydrogen-bond donors (Lipinski definition) is 1. The van der Waals surface area contributed by atoms with Crippen LogP contribution in [-0.2, 0) is 0 Å². The Morgan fingerprint density at radius 3 is 2.31 bits per heavy atom. The van der Waals surface area contributed by atoms with Crippen molar-refractivity contribution in [1.29, 1.82) is 0 Å². The normalized spacial score (nSPS) is 20.1. The summed E-state index contributed by atoms with van der Waals surface area (Å²) in [4.78, 5) is 2.63. The fourth-order valence-electron chi connectivity index (χ4n) is 2.68. The van der Waals surface area contributed by atoms with Gasteiger partial charge in [-0.1, -0.05) is 27.2 Å². The molecule has 0 aliphatic heterocycles. The van der Waals surface area contributed by atoms with Crippen molar-refractivity contribution in [3.05, 3.63) is 0 Å². The molecule has 0 aromatic rings. The number of hydrogen-bond acceptors (Lipinski definition) is 2. The highest BCUT2D eigenvalue weighted by molar-refractivity contribution is 4.91. The molecule has 0 amide bonds. The molecule has 2 unspecified atom stereocenters. The summed E-state index contributed by atoms with van der Waals surface area (Å²) < 4.78 is 0. The molecule has 1 aliphatic carbocycles. The molecule has 0 aromatic heterocycles. The van der Waals surface area contributed by atoms with E-state index >= 15 is 0 Å². The minimum absolute atomic E-state index is 0.695. The first-order valence-corrected chi connectivity index (χ1v) is 7.19. The molecule has 0 bridgehead atoms. The van der Waals surface area contributed by atoms with Crippen molar-refractivity contribution in [2.75, 3.05) is 13.6 Å². The van der Waals surface area contributed by atoms with Crippen LogP contribution < -0.4 is 5.32 Å². The van der Waals surface area contributed by atoms with Crippen LogP contribution in [0.5, 0.6) is 0 Å². The SMILES string of the molecule is CCCNC(CCC)C(CC)N(C)C1CC1. The van der Waals surface area contributed by atoms with Crippen LogP contribution in [-0.4, -0.2) is 36.6 Å². The lowest BCUT2D eigenvalue weighted by molar-refractivity contribution is 0.171. The quantitative estimate of drug-likeness (QED) is 0.650. The Hall–Kier alpha value is -0.0800. The zero-order valence-corrected chi connectivity index (χ0v) is 11.6. The predicted molar refractivity (Wildman–Crippen MR) is 71.9 cm³/mol. The minimum Gasteiger partial charge on any atom is -0.312 e. The minimum atomic E-state index is 0.695. The van der Waals surface area contributed by atoms with Crippen molar-refractivity contribution in [2.24, 2.45) is 0 Å². The highest BCUT2D eigenvalue weighted by Crippen LogP contribution is 2.29. The van der Waals surface area contributed by atoms with E-state index in [9.17, 15) is 0 Å². The van der Waals surface area contributed by atoms with E-state index in [2.05, 4.69) is 38.0 Å². The van der Waals surface area contributed by atoms with E-state index in [-0.39, 0.29) is 0 Å². The van der Waals surface area contributed by atoms with Gasteiger partial charge in [0.2, 0.25) is 0 Å². The maximum atomic E-state index is 3.74. The summed E-state index contributed by atoms with van der Waals surface area (Å²) in [5.41, 5.74) is 0. The maximum absolute atomic E-state index is 3.74. The fraction of sp³-hybridized carbons (Fsp3) is 1.00. The summed E-state index contributed by atoms with van der Waals surface area (Å²) in [5, 5.41) is 3.74. The largest absolute Gasteiger partial charge is 0.312 e. The van der Waals surface area contributed by atoms with Crippen molar-refractivity contribution in [2.45, 2.75) is 77.4 Å². The third-order valence-electron chi connectivity index (χ3n) is 3.78. The zero-order chi connectivity index (χ0) is 12.0. The van der Waals surface area contributed by atoms with Gasteiger partial charge in [-0.2, -0.15) is 0 Å². The van der Waals surface area contributed by atoms with Crippen molar-refractivity contribution in [3.8, 4) is 0 Å².